The molecule has 2 heteroatoms. The van der Waals surface area contributed by atoms with Gasteiger partial charge in [0.15, 0.2) is 0 Å². The van der Waals surface area contributed by atoms with E-state index in [-0.39, 0.29) is 5.41 Å². The maximum absolute atomic E-state index is 6.11. The molecule has 0 aromatic rings. The van der Waals surface area contributed by atoms with Gasteiger partial charge in [0.2, 0.25) is 0 Å². The van der Waals surface area contributed by atoms with Gasteiger partial charge in [-0.05, 0) is 18.8 Å². The van der Waals surface area contributed by atoms with Crippen LogP contribution in [0.1, 0.15) is 33.6 Å². The summed E-state index contributed by atoms with van der Waals surface area (Å²) in [6, 6.07) is 0.331. The van der Waals surface area contributed by atoms with Gasteiger partial charge < -0.3 is 10.5 Å². The Morgan fingerprint density at radius 2 is 1.83 bits per heavy atom. The number of hydrogen-bond acceptors (Lipinski definition) is 2. The molecule has 0 unspecified atom stereocenters. The summed E-state index contributed by atoms with van der Waals surface area (Å²) in [4.78, 5) is 0. The molecule has 0 radical (unpaired) electrons. The van der Waals surface area contributed by atoms with Gasteiger partial charge in [-0.1, -0.05) is 20.8 Å². The molecule has 3 atom stereocenters. The van der Waals surface area contributed by atoms with Crippen molar-refractivity contribution in [2.45, 2.75) is 45.8 Å². The van der Waals surface area contributed by atoms with Crippen molar-refractivity contribution in [3.05, 3.63) is 0 Å². The minimum Gasteiger partial charge on any atom is -0.380 e. The number of rotatable bonds is 3. The fourth-order valence-corrected chi connectivity index (χ4v) is 2.88. The molecule has 2 N–H and O–H groups in total. The zero-order valence-corrected chi connectivity index (χ0v) is 8.63. The summed E-state index contributed by atoms with van der Waals surface area (Å²) in [6.07, 6.45) is 2.64. The van der Waals surface area contributed by atoms with E-state index in [1.807, 2.05) is 0 Å². The summed E-state index contributed by atoms with van der Waals surface area (Å²) in [5.74, 6) is 0.523. The molecule has 0 heterocycles. The molecule has 1 rings (SSSR count). The van der Waals surface area contributed by atoms with Crippen LogP contribution in [0, 0.1) is 11.3 Å². The van der Waals surface area contributed by atoms with E-state index in [1.165, 1.54) is 0 Å². The standard InChI is InChI=1S/C10H21NO/c1-5-10(6-2)8(11)7(3)9(10)12-4/h7-9H,5-6,11H2,1-4H3/t7-,8-,9+/m1/s1. The predicted molar refractivity (Wildman–Crippen MR) is 51.0 cm³/mol. The summed E-state index contributed by atoms with van der Waals surface area (Å²) >= 11 is 0. The normalized spacial score (nSPS) is 39.2. The van der Waals surface area contributed by atoms with Crippen molar-refractivity contribution in [3.63, 3.8) is 0 Å². The SMILES string of the molecule is CCC1(CC)[C@H](N)[C@@H](C)[C@@H]1OC. The molecule has 0 aromatic heterocycles. The molecule has 1 aliphatic rings. The minimum absolute atomic E-state index is 0.258. The lowest BCUT2D eigenvalue weighted by Crippen LogP contribution is -2.67. The van der Waals surface area contributed by atoms with Crippen LogP contribution < -0.4 is 5.73 Å². The van der Waals surface area contributed by atoms with E-state index in [0.29, 0.717) is 18.1 Å². The largest absolute Gasteiger partial charge is 0.380 e. The number of ether oxygens (including phenoxy) is 1. The molecular weight excluding hydrogens is 150 g/mol. The molecule has 1 fully saturated rings. The molecule has 0 aromatic carbocycles. The van der Waals surface area contributed by atoms with Gasteiger partial charge in [-0.3, -0.25) is 0 Å². The molecule has 72 valence electrons. The van der Waals surface area contributed by atoms with Gasteiger partial charge in [0.25, 0.3) is 0 Å². The maximum atomic E-state index is 6.11. The lowest BCUT2D eigenvalue weighted by Gasteiger charge is -2.58. The van der Waals surface area contributed by atoms with Gasteiger partial charge in [-0.2, -0.15) is 0 Å². The van der Waals surface area contributed by atoms with Gasteiger partial charge in [0, 0.05) is 18.6 Å². The smallest absolute Gasteiger partial charge is 0.0682 e. The maximum Gasteiger partial charge on any atom is 0.0682 e. The Labute approximate surface area is 75.5 Å². The zero-order valence-electron chi connectivity index (χ0n) is 8.63. The van der Waals surface area contributed by atoms with Crippen molar-refractivity contribution in [3.8, 4) is 0 Å². The van der Waals surface area contributed by atoms with Crippen molar-refractivity contribution in [2.75, 3.05) is 7.11 Å². The first-order chi connectivity index (χ1) is 5.64. The van der Waals surface area contributed by atoms with Crippen LogP contribution in [0.3, 0.4) is 0 Å². The third-order valence-electron chi connectivity index (χ3n) is 3.84. The molecule has 1 saturated carbocycles. The fraction of sp³-hybridized carbons (Fsp3) is 1.00. The van der Waals surface area contributed by atoms with E-state index in [1.54, 1.807) is 7.11 Å². The first kappa shape index (κ1) is 10.0. The molecule has 0 saturated heterocycles. The van der Waals surface area contributed by atoms with Gasteiger partial charge in [-0.25, -0.2) is 0 Å². The molecule has 0 bridgehead atoms. The van der Waals surface area contributed by atoms with E-state index < -0.39 is 0 Å². The van der Waals surface area contributed by atoms with Crippen LogP contribution in [-0.4, -0.2) is 19.3 Å². The van der Waals surface area contributed by atoms with Crippen molar-refractivity contribution in [1.29, 1.82) is 0 Å². The second kappa shape index (κ2) is 3.35. The van der Waals surface area contributed by atoms with E-state index >= 15 is 0 Å². The average Bonchev–Trinajstić information content (AvgIpc) is 2.12. The van der Waals surface area contributed by atoms with E-state index in [2.05, 4.69) is 20.8 Å². The molecule has 0 spiro atoms. The summed E-state index contributed by atoms with van der Waals surface area (Å²) in [7, 11) is 1.80. The average molecular weight is 171 g/mol. The Morgan fingerprint density at radius 3 is 2.08 bits per heavy atom. The Morgan fingerprint density at radius 1 is 1.33 bits per heavy atom. The topological polar surface area (TPSA) is 35.2 Å². The van der Waals surface area contributed by atoms with Crippen LogP contribution in [-0.2, 0) is 4.74 Å². The highest BCUT2D eigenvalue weighted by Crippen LogP contribution is 2.50. The highest BCUT2D eigenvalue weighted by Gasteiger charge is 2.56. The van der Waals surface area contributed by atoms with Crippen molar-refractivity contribution in [1.82, 2.24) is 0 Å². The summed E-state index contributed by atoms with van der Waals surface area (Å²) in [6.45, 7) is 6.60. The van der Waals surface area contributed by atoms with Crippen molar-refractivity contribution in [2.24, 2.45) is 17.1 Å². The minimum atomic E-state index is 0.258. The molecule has 0 aliphatic heterocycles. The number of nitrogens with two attached hydrogens (primary N) is 1. The van der Waals surface area contributed by atoms with Crippen molar-refractivity contribution >= 4 is 0 Å². The van der Waals surface area contributed by atoms with Crippen LogP contribution in [0.25, 0.3) is 0 Å². The molecule has 0 amide bonds. The van der Waals surface area contributed by atoms with Crippen molar-refractivity contribution < 1.29 is 4.74 Å². The number of hydrogen-bond donors (Lipinski definition) is 1. The van der Waals surface area contributed by atoms with Crippen LogP contribution in [0.5, 0.6) is 0 Å². The van der Waals surface area contributed by atoms with E-state index in [0.717, 1.165) is 12.8 Å². The number of methoxy groups -OCH3 is 1. The zero-order chi connectivity index (χ0) is 9.35. The third-order valence-corrected chi connectivity index (χ3v) is 3.84. The second-order valence-corrected chi connectivity index (χ2v) is 3.98. The Bertz CT molecular complexity index is 154. The summed E-state index contributed by atoms with van der Waals surface area (Å²) in [5, 5.41) is 0. The highest BCUT2D eigenvalue weighted by atomic mass is 16.5. The van der Waals surface area contributed by atoms with Crippen LogP contribution in [0.15, 0.2) is 0 Å². The third kappa shape index (κ3) is 1.01. The molecule has 2 nitrogen and oxygen atoms in total. The monoisotopic (exact) mass is 171 g/mol. The second-order valence-electron chi connectivity index (χ2n) is 3.98. The Hall–Kier alpha value is -0.0800. The van der Waals surface area contributed by atoms with Crippen LogP contribution in [0.4, 0.5) is 0 Å². The molecule has 1 aliphatic carbocycles. The Balaban J connectivity index is 2.74. The lowest BCUT2D eigenvalue weighted by molar-refractivity contribution is -0.156. The van der Waals surface area contributed by atoms with Gasteiger partial charge >= 0.3 is 0 Å². The summed E-state index contributed by atoms with van der Waals surface area (Å²) in [5.41, 5.74) is 6.37. The van der Waals surface area contributed by atoms with E-state index in [4.69, 9.17) is 10.5 Å². The quantitative estimate of drug-likeness (QED) is 0.702. The first-order valence-electron chi connectivity index (χ1n) is 4.92. The predicted octanol–water partition coefficient (Wildman–Crippen LogP) is 1.78. The Kier molecular flexibility index (Phi) is 2.79. The lowest BCUT2D eigenvalue weighted by atomic mass is 9.53. The molecular formula is C10H21NO. The van der Waals surface area contributed by atoms with Crippen LogP contribution in [0.2, 0.25) is 0 Å². The summed E-state index contributed by atoms with van der Waals surface area (Å²) < 4.78 is 5.49. The molecule has 12 heavy (non-hydrogen) atoms. The highest BCUT2D eigenvalue weighted by molar-refractivity contribution is 5.09. The van der Waals surface area contributed by atoms with Gasteiger partial charge in [0.1, 0.15) is 0 Å². The first-order valence-corrected chi connectivity index (χ1v) is 4.92. The van der Waals surface area contributed by atoms with E-state index in [9.17, 15) is 0 Å². The van der Waals surface area contributed by atoms with Gasteiger partial charge in [-0.15, -0.1) is 0 Å². The van der Waals surface area contributed by atoms with Gasteiger partial charge in [0.05, 0.1) is 6.10 Å². The van der Waals surface area contributed by atoms with Crippen LogP contribution >= 0.6 is 0 Å². The fourth-order valence-electron chi connectivity index (χ4n) is 2.88.